The molecule has 2 atom stereocenters. The van der Waals surface area contributed by atoms with Gasteiger partial charge in [-0.2, -0.15) is 13.2 Å². The number of nitro groups is 1. The highest BCUT2D eigenvalue weighted by atomic mass is 19.4. The van der Waals surface area contributed by atoms with E-state index >= 15 is 0 Å². The Morgan fingerprint density at radius 1 is 1.45 bits per heavy atom. The van der Waals surface area contributed by atoms with E-state index in [1.54, 1.807) is 0 Å². The number of alkyl halides is 3. The molecule has 0 bridgehead atoms. The Balaban J connectivity index is 2.23. The number of halogens is 3. The van der Waals surface area contributed by atoms with Gasteiger partial charge in [-0.25, -0.2) is 0 Å². The molecule has 1 aromatic rings. The standard InChI is InChI=1S/C14H18F3N3O2/c1-9(10-3-2-6-18-8-10)19-13-5-4-11(20(21)22)7-12(13)14(15,16)17/h4-5,7,9-10,18-19H,2-3,6,8H2,1H3. The molecule has 1 saturated heterocycles. The molecule has 0 radical (unpaired) electrons. The van der Waals surface area contributed by atoms with Crippen molar-refractivity contribution in [1.82, 2.24) is 5.32 Å². The van der Waals surface area contributed by atoms with Crippen LogP contribution in [0, 0.1) is 16.0 Å². The largest absolute Gasteiger partial charge is 0.418 e. The van der Waals surface area contributed by atoms with Gasteiger partial charge < -0.3 is 10.6 Å². The molecule has 0 amide bonds. The SMILES string of the molecule is CC(Nc1ccc([N+](=O)[O-])cc1C(F)(F)F)C1CCCNC1. The Labute approximate surface area is 126 Å². The van der Waals surface area contributed by atoms with Gasteiger partial charge in [0.15, 0.2) is 0 Å². The van der Waals surface area contributed by atoms with Gasteiger partial charge in [0.25, 0.3) is 5.69 Å². The molecule has 1 heterocycles. The summed E-state index contributed by atoms with van der Waals surface area (Å²) in [7, 11) is 0. The number of piperidine rings is 1. The minimum atomic E-state index is -4.64. The molecule has 22 heavy (non-hydrogen) atoms. The van der Waals surface area contributed by atoms with Crippen LogP contribution in [-0.2, 0) is 6.18 Å². The van der Waals surface area contributed by atoms with Gasteiger partial charge >= 0.3 is 6.18 Å². The second kappa shape index (κ2) is 6.51. The van der Waals surface area contributed by atoms with Crippen molar-refractivity contribution in [2.45, 2.75) is 32.0 Å². The van der Waals surface area contributed by atoms with E-state index in [2.05, 4.69) is 10.6 Å². The van der Waals surface area contributed by atoms with E-state index in [9.17, 15) is 23.3 Å². The molecule has 0 saturated carbocycles. The Hall–Kier alpha value is -1.83. The van der Waals surface area contributed by atoms with Crippen molar-refractivity contribution >= 4 is 11.4 Å². The Morgan fingerprint density at radius 2 is 2.18 bits per heavy atom. The van der Waals surface area contributed by atoms with Crippen molar-refractivity contribution in [2.75, 3.05) is 18.4 Å². The maximum atomic E-state index is 13.1. The Kier molecular flexibility index (Phi) is 4.90. The first-order valence-electron chi connectivity index (χ1n) is 7.12. The maximum Gasteiger partial charge on any atom is 0.418 e. The number of nitrogens with zero attached hydrogens (tertiary/aromatic N) is 1. The second-order valence-electron chi connectivity index (χ2n) is 5.52. The van der Waals surface area contributed by atoms with Gasteiger partial charge in [-0.15, -0.1) is 0 Å². The van der Waals surface area contributed by atoms with Crippen molar-refractivity contribution < 1.29 is 18.1 Å². The monoisotopic (exact) mass is 317 g/mol. The van der Waals surface area contributed by atoms with E-state index in [4.69, 9.17) is 0 Å². The highest BCUT2D eigenvalue weighted by molar-refractivity contribution is 5.57. The Bertz CT molecular complexity index is 543. The third-order valence-electron chi connectivity index (χ3n) is 3.94. The molecular weight excluding hydrogens is 299 g/mol. The molecule has 2 rings (SSSR count). The van der Waals surface area contributed by atoms with Gasteiger partial charge in [0.05, 0.1) is 10.5 Å². The van der Waals surface area contributed by atoms with E-state index in [0.29, 0.717) is 6.07 Å². The van der Waals surface area contributed by atoms with E-state index in [1.165, 1.54) is 0 Å². The van der Waals surface area contributed by atoms with E-state index in [1.807, 2.05) is 6.92 Å². The number of anilines is 1. The molecule has 1 aliphatic rings. The third kappa shape index (κ3) is 3.88. The van der Waals surface area contributed by atoms with Crippen LogP contribution in [-0.4, -0.2) is 24.1 Å². The molecule has 8 heteroatoms. The van der Waals surface area contributed by atoms with Gasteiger partial charge in [0, 0.05) is 23.9 Å². The number of hydrogen-bond donors (Lipinski definition) is 2. The van der Waals surface area contributed by atoms with Crippen LogP contribution in [0.2, 0.25) is 0 Å². The molecule has 5 nitrogen and oxygen atoms in total. The van der Waals surface area contributed by atoms with Crippen LogP contribution in [0.3, 0.4) is 0 Å². The van der Waals surface area contributed by atoms with E-state index in [-0.39, 0.29) is 17.6 Å². The zero-order valence-corrected chi connectivity index (χ0v) is 12.1. The lowest BCUT2D eigenvalue weighted by molar-refractivity contribution is -0.385. The predicted octanol–water partition coefficient (Wildman–Crippen LogP) is 3.41. The minimum absolute atomic E-state index is 0.115. The topological polar surface area (TPSA) is 67.2 Å². The van der Waals surface area contributed by atoms with Gasteiger partial charge in [-0.05, 0) is 44.8 Å². The van der Waals surface area contributed by atoms with Crippen LogP contribution in [0.5, 0.6) is 0 Å². The number of nitrogens with one attached hydrogen (secondary N) is 2. The summed E-state index contributed by atoms with van der Waals surface area (Å²) in [5.74, 6) is 0.227. The molecule has 1 aliphatic heterocycles. The quantitative estimate of drug-likeness (QED) is 0.659. The number of nitro benzene ring substituents is 1. The van der Waals surface area contributed by atoms with E-state index in [0.717, 1.165) is 38.1 Å². The fourth-order valence-corrected chi connectivity index (χ4v) is 2.67. The molecule has 1 fully saturated rings. The lowest BCUT2D eigenvalue weighted by Crippen LogP contribution is -2.39. The van der Waals surface area contributed by atoms with Crippen molar-refractivity contribution in [1.29, 1.82) is 0 Å². The summed E-state index contributed by atoms with van der Waals surface area (Å²) in [5.41, 5.74) is -1.68. The normalized spacial score (nSPS) is 20.5. The average Bonchev–Trinajstić information content (AvgIpc) is 2.47. The number of benzene rings is 1. The fraction of sp³-hybridized carbons (Fsp3) is 0.571. The van der Waals surface area contributed by atoms with Gasteiger partial charge in [-0.3, -0.25) is 10.1 Å². The number of hydrogen-bond acceptors (Lipinski definition) is 4. The smallest absolute Gasteiger partial charge is 0.382 e. The summed E-state index contributed by atoms with van der Waals surface area (Å²) >= 11 is 0. The van der Waals surface area contributed by atoms with Crippen LogP contribution < -0.4 is 10.6 Å². The summed E-state index contributed by atoms with van der Waals surface area (Å²) in [6, 6.07) is 2.64. The van der Waals surface area contributed by atoms with Crippen LogP contribution in [0.15, 0.2) is 18.2 Å². The van der Waals surface area contributed by atoms with Crippen LogP contribution in [0.4, 0.5) is 24.5 Å². The lowest BCUT2D eigenvalue weighted by atomic mass is 9.92. The highest BCUT2D eigenvalue weighted by Crippen LogP contribution is 2.37. The molecule has 0 aliphatic carbocycles. The predicted molar refractivity (Wildman–Crippen MR) is 76.8 cm³/mol. The first kappa shape index (κ1) is 16.5. The van der Waals surface area contributed by atoms with Crippen LogP contribution in [0.1, 0.15) is 25.3 Å². The van der Waals surface area contributed by atoms with Crippen molar-refractivity contribution in [3.63, 3.8) is 0 Å². The summed E-state index contributed by atoms with van der Waals surface area (Å²) in [5, 5.41) is 16.8. The highest BCUT2D eigenvalue weighted by Gasteiger charge is 2.36. The summed E-state index contributed by atoms with van der Waals surface area (Å²) in [6.45, 7) is 3.51. The first-order chi connectivity index (χ1) is 10.3. The van der Waals surface area contributed by atoms with Crippen molar-refractivity contribution in [3.8, 4) is 0 Å². The summed E-state index contributed by atoms with van der Waals surface area (Å²) in [4.78, 5) is 9.84. The van der Waals surface area contributed by atoms with Crippen molar-refractivity contribution in [2.24, 2.45) is 5.92 Å². The number of non-ortho nitro benzene ring substituents is 1. The molecule has 2 N–H and O–H groups in total. The van der Waals surface area contributed by atoms with E-state index < -0.39 is 22.4 Å². The molecule has 0 spiro atoms. The van der Waals surface area contributed by atoms with Gasteiger partial charge in [0.2, 0.25) is 0 Å². The van der Waals surface area contributed by atoms with Crippen LogP contribution in [0.25, 0.3) is 0 Å². The molecule has 1 aromatic carbocycles. The maximum absolute atomic E-state index is 13.1. The summed E-state index contributed by atoms with van der Waals surface area (Å²) < 4.78 is 39.3. The van der Waals surface area contributed by atoms with Gasteiger partial charge in [0.1, 0.15) is 0 Å². The minimum Gasteiger partial charge on any atom is -0.382 e. The second-order valence-corrected chi connectivity index (χ2v) is 5.52. The third-order valence-corrected chi connectivity index (χ3v) is 3.94. The first-order valence-corrected chi connectivity index (χ1v) is 7.12. The lowest BCUT2D eigenvalue weighted by Gasteiger charge is -2.30. The molecular formula is C14H18F3N3O2. The summed E-state index contributed by atoms with van der Waals surface area (Å²) in [6.07, 6.45) is -2.71. The average molecular weight is 317 g/mol. The Morgan fingerprint density at radius 3 is 2.73 bits per heavy atom. The zero-order chi connectivity index (χ0) is 16.3. The van der Waals surface area contributed by atoms with Gasteiger partial charge in [-0.1, -0.05) is 0 Å². The number of rotatable bonds is 4. The molecule has 0 aromatic heterocycles. The zero-order valence-electron chi connectivity index (χ0n) is 12.1. The van der Waals surface area contributed by atoms with Crippen molar-refractivity contribution in [3.05, 3.63) is 33.9 Å². The fourth-order valence-electron chi connectivity index (χ4n) is 2.67. The molecule has 2 unspecified atom stereocenters. The van der Waals surface area contributed by atoms with Crippen LogP contribution >= 0.6 is 0 Å². The molecule has 122 valence electrons.